The zero-order valence-corrected chi connectivity index (χ0v) is 12.6. The number of esters is 1. The average Bonchev–Trinajstić information content (AvgIpc) is 3.09. The molecule has 0 aliphatic carbocycles. The fraction of sp³-hybridized carbons (Fsp3) is 0.176. The van der Waals surface area contributed by atoms with Crippen molar-refractivity contribution >= 4 is 17.4 Å². The van der Waals surface area contributed by atoms with Crippen molar-refractivity contribution in [3.8, 4) is 0 Å². The highest BCUT2D eigenvalue weighted by atomic mass is 16.7. The lowest BCUT2D eigenvalue weighted by Crippen LogP contribution is -2.19. The molecule has 3 rings (SSSR count). The van der Waals surface area contributed by atoms with Gasteiger partial charge in [0.1, 0.15) is 6.61 Å². The minimum atomic E-state index is -0.554. The highest BCUT2D eigenvalue weighted by Gasteiger charge is 2.24. The molecular formula is C17H14N2O5. The molecule has 0 bridgehead atoms. The van der Waals surface area contributed by atoms with Gasteiger partial charge in [-0.25, -0.2) is 4.79 Å². The lowest BCUT2D eigenvalue weighted by molar-refractivity contribution is -0.384. The number of rotatable bonds is 5. The Morgan fingerprint density at radius 3 is 2.58 bits per heavy atom. The minimum absolute atomic E-state index is 0.0651. The number of benzene rings is 2. The summed E-state index contributed by atoms with van der Waals surface area (Å²) in [5.74, 6) is -0.554. The van der Waals surface area contributed by atoms with Gasteiger partial charge >= 0.3 is 5.97 Å². The summed E-state index contributed by atoms with van der Waals surface area (Å²) in [6.45, 7) is 0.0651. The van der Waals surface area contributed by atoms with Gasteiger partial charge in [-0.3, -0.25) is 10.1 Å². The maximum atomic E-state index is 11.9. The van der Waals surface area contributed by atoms with Crippen molar-refractivity contribution < 1.29 is 19.3 Å². The second-order valence-corrected chi connectivity index (χ2v) is 5.24. The molecule has 1 unspecified atom stereocenters. The van der Waals surface area contributed by atoms with Crippen molar-refractivity contribution in [2.24, 2.45) is 5.16 Å². The van der Waals surface area contributed by atoms with Crippen LogP contribution in [0.25, 0.3) is 0 Å². The molecule has 24 heavy (non-hydrogen) atoms. The van der Waals surface area contributed by atoms with E-state index in [0.717, 1.165) is 11.3 Å². The number of nitrogens with zero attached hydrogens (tertiary/aromatic N) is 2. The lowest BCUT2D eigenvalue weighted by Gasteiger charge is -2.09. The molecule has 0 N–H and O–H groups in total. The molecule has 1 heterocycles. The molecule has 0 amide bonds. The summed E-state index contributed by atoms with van der Waals surface area (Å²) >= 11 is 0. The largest absolute Gasteiger partial charge is 0.458 e. The molecule has 122 valence electrons. The first-order chi connectivity index (χ1) is 11.6. The number of nitro benzene ring substituents is 1. The third-order valence-corrected chi connectivity index (χ3v) is 3.55. The summed E-state index contributed by atoms with van der Waals surface area (Å²) in [7, 11) is 0. The van der Waals surface area contributed by atoms with Crippen molar-refractivity contribution in [3.63, 3.8) is 0 Å². The van der Waals surface area contributed by atoms with E-state index in [1.807, 2.05) is 30.3 Å². The van der Waals surface area contributed by atoms with Gasteiger partial charge in [0.2, 0.25) is 0 Å². The maximum absolute atomic E-state index is 11.9. The van der Waals surface area contributed by atoms with Crippen molar-refractivity contribution in [2.45, 2.75) is 12.5 Å². The second-order valence-electron chi connectivity index (χ2n) is 5.24. The van der Waals surface area contributed by atoms with E-state index >= 15 is 0 Å². The topological polar surface area (TPSA) is 91.0 Å². The van der Waals surface area contributed by atoms with Crippen LogP contribution in [0.4, 0.5) is 5.69 Å². The quantitative estimate of drug-likeness (QED) is 0.478. The van der Waals surface area contributed by atoms with Crippen LogP contribution in [0.1, 0.15) is 22.3 Å². The fourth-order valence-corrected chi connectivity index (χ4v) is 2.29. The van der Waals surface area contributed by atoms with Gasteiger partial charge in [-0.2, -0.15) is 0 Å². The fourth-order valence-electron chi connectivity index (χ4n) is 2.29. The van der Waals surface area contributed by atoms with Gasteiger partial charge in [-0.1, -0.05) is 35.5 Å². The predicted molar refractivity (Wildman–Crippen MR) is 85.8 cm³/mol. The Balaban J connectivity index is 1.52. The van der Waals surface area contributed by atoms with Gasteiger partial charge in [-0.05, 0) is 17.7 Å². The van der Waals surface area contributed by atoms with Crippen LogP contribution in [0, 0.1) is 10.1 Å². The summed E-state index contributed by atoms with van der Waals surface area (Å²) in [6, 6.07) is 14.9. The van der Waals surface area contributed by atoms with Crippen LogP contribution < -0.4 is 0 Å². The number of hydrogen-bond acceptors (Lipinski definition) is 6. The van der Waals surface area contributed by atoms with E-state index in [2.05, 4.69) is 5.16 Å². The second kappa shape index (κ2) is 6.91. The van der Waals surface area contributed by atoms with E-state index in [1.165, 1.54) is 24.3 Å². The SMILES string of the molecule is O=C(OCC1CC(c2ccccc2)=NO1)c1ccc([N+](=O)[O-])cc1. The maximum Gasteiger partial charge on any atom is 0.338 e. The molecule has 0 aromatic heterocycles. The van der Waals surface area contributed by atoms with E-state index in [9.17, 15) is 14.9 Å². The number of hydrogen-bond donors (Lipinski definition) is 0. The summed E-state index contributed by atoms with van der Waals surface area (Å²) < 4.78 is 5.19. The van der Waals surface area contributed by atoms with E-state index < -0.39 is 10.9 Å². The molecule has 7 heteroatoms. The van der Waals surface area contributed by atoms with Crippen molar-refractivity contribution in [2.75, 3.05) is 6.61 Å². The van der Waals surface area contributed by atoms with Crippen LogP contribution in [-0.4, -0.2) is 29.3 Å². The first-order valence-corrected chi connectivity index (χ1v) is 7.33. The van der Waals surface area contributed by atoms with Crippen molar-refractivity contribution in [1.29, 1.82) is 0 Å². The highest BCUT2D eigenvalue weighted by molar-refractivity contribution is 6.01. The van der Waals surface area contributed by atoms with Crippen LogP contribution in [0.15, 0.2) is 59.8 Å². The number of carbonyl (C=O) groups is 1. The summed E-state index contributed by atoms with van der Waals surface area (Å²) in [6.07, 6.45) is 0.222. The molecule has 0 saturated heterocycles. The van der Waals surface area contributed by atoms with Crippen LogP contribution in [-0.2, 0) is 9.57 Å². The van der Waals surface area contributed by atoms with Crippen LogP contribution in [0.3, 0.4) is 0 Å². The average molecular weight is 326 g/mol. The number of non-ortho nitro benzene ring substituents is 1. The molecule has 1 aliphatic rings. The van der Waals surface area contributed by atoms with Gasteiger partial charge in [0.15, 0.2) is 6.10 Å². The lowest BCUT2D eigenvalue weighted by atomic mass is 10.1. The zero-order valence-electron chi connectivity index (χ0n) is 12.6. The Bertz CT molecular complexity index is 771. The van der Waals surface area contributed by atoms with Gasteiger partial charge in [0, 0.05) is 18.6 Å². The standard InChI is InChI=1S/C17H14N2O5/c20-17(13-6-8-14(9-7-13)19(21)22)23-11-15-10-16(18-24-15)12-4-2-1-3-5-12/h1-9,15H,10-11H2. The molecule has 1 aliphatic heterocycles. The highest BCUT2D eigenvalue weighted by Crippen LogP contribution is 2.18. The number of nitro groups is 1. The third-order valence-electron chi connectivity index (χ3n) is 3.55. The minimum Gasteiger partial charge on any atom is -0.458 e. The summed E-state index contributed by atoms with van der Waals surface area (Å²) in [4.78, 5) is 27.3. The van der Waals surface area contributed by atoms with Gasteiger partial charge in [0.25, 0.3) is 5.69 Å². The van der Waals surface area contributed by atoms with E-state index in [-0.39, 0.29) is 24.0 Å². The Morgan fingerprint density at radius 1 is 1.21 bits per heavy atom. The molecule has 7 nitrogen and oxygen atoms in total. The monoisotopic (exact) mass is 326 g/mol. The first kappa shape index (κ1) is 15.7. The number of oxime groups is 1. The van der Waals surface area contributed by atoms with E-state index in [4.69, 9.17) is 9.57 Å². The molecule has 0 spiro atoms. The molecular weight excluding hydrogens is 312 g/mol. The molecule has 0 radical (unpaired) electrons. The van der Waals surface area contributed by atoms with Crippen molar-refractivity contribution in [1.82, 2.24) is 0 Å². The molecule has 0 saturated carbocycles. The Morgan fingerprint density at radius 2 is 1.92 bits per heavy atom. The molecule has 2 aromatic carbocycles. The molecule has 2 aromatic rings. The number of carbonyl (C=O) groups excluding carboxylic acids is 1. The Kier molecular flexibility index (Phi) is 4.51. The summed E-state index contributed by atoms with van der Waals surface area (Å²) in [5.41, 5.74) is 1.96. The van der Waals surface area contributed by atoms with Crippen LogP contribution >= 0.6 is 0 Å². The molecule has 0 fully saturated rings. The van der Waals surface area contributed by atoms with Gasteiger partial charge in [0.05, 0.1) is 16.2 Å². The molecule has 1 atom stereocenters. The van der Waals surface area contributed by atoms with E-state index in [0.29, 0.717) is 6.42 Å². The van der Waals surface area contributed by atoms with Crippen LogP contribution in [0.2, 0.25) is 0 Å². The smallest absolute Gasteiger partial charge is 0.338 e. The predicted octanol–water partition coefficient (Wildman–Crippen LogP) is 2.94. The number of ether oxygens (including phenoxy) is 1. The first-order valence-electron chi connectivity index (χ1n) is 7.33. The van der Waals surface area contributed by atoms with Gasteiger partial charge in [-0.15, -0.1) is 0 Å². The van der Waals surface area contributed by atoms with E-state index in [1.54, 1.807) is 0 Å². The Hall–Kier alpha value is -3.22. The third kappa shape index (κ3) is 3.57. The Labute approximate surface area is 137 Å². The normalized spacial score (nSPS) is 16.2. The zero-order chi connectivity index (χ0) is 16.9. The van der Waals surface area contributed by atoms with Crippen LogP contribution in [0.5, 0.6) is 0 Å². The van der Waals surface area contributed by atoms with Gasteiger partial charge < -0.3 is 9.57 Å². The summed E-state index contributed by atoms with van der Waals surface area (Å²) in [5, 5.41) is 14.6. The van der Waals surface area contributed by atoms with Crippen molar-refractivity contribution in [3.05, 3.63) is 75.8 Å².